The minimum atomic E-state index is -1.27. The minimum Gasteiger partial charge on any atom is -0.478 e. The summed E-state index contributed by atoms with van der Waals surface area (Å²) in [6, 6.07) is 0.951. The molecule has 0 fully saturated rings. The SMILES string of the molecule is CC(C)CC(C)Oc1ncc(C(=O)O)cc1[N+](=O)[O-]. The number of nitrogens with zero attached hydrogens (tertiary/aromatic N) is 2. The van der Waals surface area contributed by atoms with E-state index in [2.05, 4.69) is 4.98 Å². The van der Waals surface area contributed by atoms with Crippen LogP contribution in [0.2, 0.25) is 0 Å². The van der Waals surface area contributed by atoms with Gasteiger partial charge in [0.2, 0.25) is 0 Å². The molecule has 1 N–H and O–H groups in total. The third kappa shape index (κ3) is 4.20. The van der Waals surface area contributed by atoms with Gasteiger partial charge in [-0.25, -0.2) is 9.78 Å². The number of aromatic carboxylic acids is 1. The van der Waals surface area contributed by atoms with Crippen LogP contribution in [0.4, 0.5) is 5.69 Å². The van der Waals surface area contributed by atoms with Gasteiger partial charge >= 0.3 is 11.7 Å². The van der Waals surface area contributed by atoms with Crippen molar-refractivity contribution in [2.45, 2.75) is 33.3 Å². The molecule has 0 aliphatic rings. The molecule has 1 rings (SSSR count). The van der Waals surface area contributed by atoms with Gasteiger partial charge in [0.05, 0.1) is 16.6 Å². The molecule has 1 aromatic heterocycles. The Morgan fingerprint density at radius 1 is 1.53 bits per heavy atom. The van der Waals surface area contributed by atoms with E-state index < -0.39 is 16.6 Å². The van der Waals surface area contributed by atoms with Crippen LogP contribution in [0.3, 0.4) is 0 Å². The number of carbonyl (C=O) groups is 1. The summed E-state index contributed by atoms with van der Waals surface area (Å²) in [6.45, 7) is 5.81. The first-order chi connectivity index (χ1) is 8.81. The van der Waals surface area contributed by atoms with Gasteiger partial charge in [-0.2, -0.15) is 0 Å². The van der Waals surface area contributed by atoms with Crippen LogP contribution in [0.5, 0.6) is 5.88 Å². The van der Waals surface area contributed by atoms with Crippen molar-refractivity contribution in [3.8, 4) is 5.88 Å². The molecule has 19 heavy (non-hydrogen) atoms. The number of carboxylic acid groups (broad SMARTS) is 1. The number of hydrogen-bond acceptors (Lipinski definition) is 5. The van der Waals surface area contributed by atoms with E-state index in [9.17, 15) is 14.9 Å². The van der Waals surface area contributed by atoms with Crippen molar-refractivity contribution in [2.24, 2.45) is 5.92 Å². The van der Waals surface area contributed by atoms with Crippen LogP contribution < -0.4 is 4.74 Å². The van der Waals surface area contributed by atoms with Crippen LogP contribution >= 0.6 is 0 Å². The maximum Gasteiger partial charge on any atom is 0.337 e. The molecule has 1 heterocycles. The standard InChI is InChI=1S/C12H16N2O5/c1-7(2)4-8(3)19-11-10(14(17)18)5-9(6-13-11)12(15)16/h5-8H,4H2,1-3H3,(H,15,16). The molecule has 7 nitrogen and oxygen atoms in total. The molecule has 0 amide bonds. The Morgan fingerprint density at radius 2 is 2.16 bits per heavy atom. The minimum absolute atomic E-state index is 0.150. The molecule has 0 saturated carbocycles. The van der Waals surface area contributed by atoms with Gasteiger partial charge in [-0.3, -0.25) is 10.1 Å². The zero-order chi connectivity index (χ0) is 14.6. The van der Waals surface area contributed by atoms with Crippen molar-refractivity contribution in [1.29, 1.82) is 0 Å². The molecule has 0 aromatic carbocycles. The first kappa shape index (κ1) is 14.9. The number of rotatable bonds is 6. The Kier molecular flexibility index (Phi) is 4.80. The van der Waals surface area contributed by atoms with Crippen molar-refractivity contribution >= 4 is 11.7 Å². The summed E-state index contributed by atoms with van der Waals surface area (Å²) < 4.78 is 5.41. The summed E-state index contributed by atoms with van der Waals surface area (Å²) in [5.74, 6) is -1.03. The van der Waals surface area contributed by atoms with Crippen molar-refractivity contribution in [2.75, 3.05) is 0 Å². The first-order valence-electron chi connectivity index (χ1n) is 5.85. The molecule has 0 spiro atoms. The Hall–Kier alpha value is -2.18. The molecule has 1 unspecified atom stereocenters. The lowest BCUT2D eigenvalue weighted by Crippen LogP contribution is -2.16. The normalized spacial score (nSPS) is 12.2. The number of aromatic nitrogens is 1. The summed E-state index contributed by atoms with van der Waals surface area (Å²) in [5, 5.41) is 19.7. The Balaban J connectivity index is 3.00. The van der Waals surface area contributed by atoms with E-state index in [0.717, 1.165) is 18.7 Å². The van der Waals surface area contributed by atoms with Crippen LogP contribution in [0, 0.1) is 16.0 Å². The van der Waals surface area contributed by atoms with Crippen molar-refractivity contribution in [3.63, 3.8) is 0 Å². The maximum atomic E-state index is 10.9. The molecular formula is C12H16N2O5. The fraction of sp³-hybridized carbons (Fsp3) is 0.500. The average molecular weight is 268 g/mol. The average Bonchev–Trinajstić information content (AvgIpc) is 2.27. The topological polar surface area (TPSA) is 103 Å². The van der Waals surface area contributed by atoms with Gasteiger partial charge < -0.3 is 9.84 Å². The van der Waals surface area contributed by atoms with Crippen molar-refractivity contribution in [3.05, 3.63) is 27.9 Å². The van der Waals surface area contributed by atoms with E-state index >= 15 is 0 Å². The van der Waals surface area contributed by atoms with Gasteiger partial charge in [0, 0.05) is 12.3 Å². The predicted octanol–water partition coefficient (Wildman–Crippen LogP) is 2.50. The molecule has 0 aliphatic carbocycles. The molecule has 0 aliphatic heterocycles. The third-order valence-corrected chi connectivity index (χ3v) is 2.39. The van der Waals surface area contributed by atoms with Gasteiger partial charge in [0.25, 0.3) is 5.88 Å². The molecule has 0 radical (unpaired) electrons. The lowest BCUT2D eigenvalue weighted by Gasteiger charge is -2.15. The van der Waals surface area contributed by atoms with Crippen LogP contribution in [0.15, 0.2) is 12.3 Å². The fourth-order valence-corrected chi connectivity index (χ4v) is 1.68. The highest BCUT2D eigenvalue weighted by atomic mass is 16.6. The van der Waals surface area contributed by atoms with E-state index in [1.165, 1.54) is 0 Å². The maximum absolute atomic E-state index is 10.9. The number of pyridine rings is 1. The molecule has 0 saturated heterocycles. The van der Waals surface area contributed by atoms with E-state index in [1.807, 2.05) is 13.8 Å². The van der Waals surface area contributed by atoms with Gasteiger partial charge in [0.1, 0.15) is 0 Å². The number of carboxylic acids is 1. The monoisotopic (exact) mass is 268 g/mol. The quantitative estimate of drug-likeness (QED) is 0.628. The Bertz CT molecular complexity index is 487. The van der Waals surface area contributed by atoms with Crippen LogP contribution in [-0.2, 0) is 0 Å². The molecule has 104 valence electrons. The summed E-state index contributed by atoms with van der Waals surface area (Å²) in [4.78, 5) is 24.7. The van der Waals surface area contributed by atoms with E-state index in [4.69, 9.17) is 9.84 Å². The lowest BCUT2D eigenvalue weighted by atomic mass is 10.1. The second-order valence-corrected chi connectivity index (χ2v) is 4.67. The molecular weight excluding hydrogens is 252 g/mol. The number of hydrogen-bond donors (Lipinski definition) is 1. The second-order valence-electron chi connectivity index (χ2n) is 4.67. The fourth-order valence-electron chi connectivity index (χ4n) is 1.68. The number of ether oxygens (including phenoxy) is 1. The highest BCUT2D eigenvalue weighted by Crippen LogP contribution is 2.27. The zero-order valence-electron chi connectivity index (χ0n) is 11.0. The summed E-state index contributed by atoms with van der Waals surface area (Å²) in [7, 11) is 0. The largest absolute Gasteiger partial charge is 0.478 e. The molecule has 7 heteroatoms. The van der Waals surface area contributed by atoms with Crippen LogP contribution in [-0.4, -0.2) is 27.1 Å². The van der Waals surface area contributed by atoms with Gasteiger partial charge in [-0.15, -0.1) is 0 Å². The summed E-state index contributed by atoms with van der Waals surface area (Å²) in [6.07, 6.45) is 1.54. The van der Waals surface area contributed by atoms with Crippen molar-refractivity contribution < 1.29 is 19.6 Å². The van der Waals surface area contributed by atoms with E-state index in [1.54, 1.807) is 6.92 Å². The lowest BCUT2D eigenvalue weighted by molar-refractivity contribution is -0.386. The van der Waals surface area contributed by atoms with Crippen molar-refractivity contribution in [1.82, 2.24) is 4.98 Å². The second kappa shape index (κ2) is 6.12. The zero-order valence-corrected chi connectivity index (χ0v) is 11.0. The van der Waals surface area contributed by atoms with Crippen LogP contribution in [0.25, 0.3) is 0 Å². The third-order valence-electron chi connectivity index (χ3n) is 2.39. The molecule has 0 bridgehead atoms. The predicted molar refractivity (Wildman–Crippen MR) is 67.4 cm³/mol. The van der Waals surface area contributed by atoms with E-state index in [-0.39, 0.29) is 17.5 Å². The first-order valence-corrected chi connectivity index (χ1v) is 5.85. The highest BCUT2D eigenvalue weighted by Gasteiger charge is 2.22. The summed E-state index contributed by atoms with van der Waals surface area (Å²) >= 11 is 0. The van der Waals surface area contributed by atoms with E-state index in [0.29, 0.717) is 5.92 Å². The van der Waals surface area contributed by atoms with Gasteiger partial charge in [-0.1, -0.05) is 13.8 Å². The Morgan fingerprint density at radius 3 is 2.63 bits per heavy atom. The van der Waals surface area contributed by atoms with Gasteiger partial charge in [-0.05, 0) is 19.3 Å². The molecule has 1 aromatic rings. The van der Waals surface area contributed by atoms with Gasteiger partial charge in [0.15, 0.2) is 0 Å². The summed E-state index contributed by atoms with van der Waals surface area (Å²) in [5.41, 5.74) is -0.675. The highest BCUT2D eigenvalue weighted by molar-refractivity contribution is 5.88. The molecule has 1 atom stereocenters. The smallest absolute Gasteiger partial charge is 0.337 e. The Labute approximate surface area is 110 Å². The van der Waals surface area contributed by atoms with Crippen LogP contribution in [0.1, 0.15) is 37.6 Å². The number of nitro groups is 1.